The number of hydroxylamine groups is 1. The van der Waals surface area contributed by atoms with Gasteiger partial charge in [-0.15, -0.1) is 5.48 Å². The Morgan fingerprint density at radius 1 is 1.41 bits per heavy atom. The summed E-state index contributed by atoms with van der Waals surface area (Å²) in [5.74, 6) is -2.88. The Morgan fingerprint density at radius 3 is 2.85 bits per heavy atom. The molecule has 0 bridgehead atoms. The molecule has 2 aromatic heterocycles. The molecule has 1 amide bonds. The second kappa shape index (κ2) is 6.80. The zero-order valence-electron chi connectivity index (χ0n) is 14.6. The van der Waals surface area contributed by atoms with E-state index in [0.717, 1.165) is 0 Å². The highest BCUT2D eigenvalue weighted by atomic mass is 19.3. The van der Waals surface area contributed by atoms with Crippen molar-refractivity contribution >= 4 is 17.4 Å². The third-order valence-corrected chi connectivity index (χ3v) is 4.99. The number of rotatable bonds is 4. The van der Waals surface area contributed by atoms with Gasteiger partial charge in [0.05, 0.1) is 36.4 Å². The van der Waals surface area contributed by atoms with Crippen LogP contribution in [-0.2, 0) is 9.73 Å². The number of imidazole rings is 1. The minimum atomic E-state index is -2.66. The van der Waals surface area contributed by atoms with Crippen molar-refractivity contribution in [3.8, 4) is 0 Å². The van der Waals surface area contributed by atoms with Crippen LogP contribution in [0.2, 0.25) is 0 Å². The summed E-state index contributed by atoms with van der Waals surface area (Å²) in [6, 6.07) is -0.918. The van der Waals surface area contributed by atoms with Gasteiger partial charge in [0, 0.05) is 12.8 Å². The van der Waals surface area contributed by atoms with Crippen molar-refractivity contribution in [2.24, 2.45) is 11.1 Å². The van der Waals surface area contributed by atoms with Crippen LogP contribution in [0.3, 0.4) is 0 Å². The highest BCUT2D eigenvalue weighted by Crippen LogP contribution is 2.41. The minimum absolute atomic E-state index is 0.176. The fourth-order valence-electron chi connectivity index (χ4n) is 3.47. The maximum Gasteiger partial charge on any atom is 0.271 e. The maximum atomic E-state index is 13.6. The molecule has 2 aromatic rings. The molecule has 3 heterocycles. The maximum absolute atomic E-state index is 13.6. The topological polar surface area (TPSA) is 106 Å². The molecule has 1 aliphatic carbocycles. The lowest BCUT2D eigenvalue weighted by molar-refractivity contribution is -0.116. The lowest BCUT2D eigenvalue weighted by atomic mass is 9.81. The van der Waals surface area contributed by atoms with Gasteiger partial charge in [-0.05, 0) is 25.7 Å². The van der Waals surface area contributed by atoms with E-state index in [2.05, 4.69) is 31.0 Å². The third kappa shape index (κ3) is 3.59. The second-order valence-corrected chi connectivity index (χ2v) is 6.90. The van der Waals surface area contributed by atoms with E-state index >= 15 is 0 Å². The van der Waals surface area contributed by atoms with Crippen LogP contribution in [0.15, 0.2) is 23.7 Å². The normalized spacial score (nSPS) is 23.7. The summed E-state index contributed by atoms with van der Waals surface area (Å²) in [4.78, 5) is 25.9. The van der Waals surface area contributed by atoms with Gasteiger partial charge in [0.2, 0.25) is 5.92 Å². The Kier molecular flexibility index (Phi) is 4.46. The van der Waals surface area contributed by atoms with Crippen LogP contribution in [0.4, 0.5) is 8.78 Å². The van der Waals surface area contributed by atoms with Gasteiger partial charge in [0.1, 0.15) is 0 Å². The molecule has 4 rings (SSSR count). The predicted molar refractivity (Wildman–Crippen MR) is 89.7 cm³/mol. The summed E-state index contributed by atoms with van der Waals surface area (Å²) in [5.41, 5.74) is 3.30. The second-order valence-electron chi connectivity index (χ2n) is 6.90. The lowest BCUT2D eigenvalue weighted by Crippen LogP contribution is -2.43. The van der Waals surface area contributed by atoms with Crippen molar-refractivity contribution in [3.63, 3.8) is 0 Å². The van der Waals surface area contributed by atoms with Gasteiger partial charge in [-0.3, -0.25) is 9.73 Å². The van der Waals surface area contributed by atoms with Gasteiger partial charge < -0.3 is 5.32 Å². The van der Waals surface area contributed by atoms with E-state index in [1.54, 1.807) is 13.1 Å². The molecular formula is C16H19F2N7O2. The van der Waals surface area contributed by atoms with Crippen molar-refractivity contribution in [3.05, 3.63) is 24.3 Å². The lowest BCUT2D eigenvalue weighted by Gasteiger charge is -2.33. The van der Waals surface area contributed by atoms with Crippen molar-refractivity contribution in [2.75, 3.05) is 0 Å². The molecule has 1 fully saturated rings. The van der Waals surface area contributed by atoms with Crippen LogP contribution < -0.4 is 10.8 Å². The van der Waals surface area contributed by atoms with Crippen LogP contribution in [0.25, 0.3) is 5.78 Å². The number of alkyl halides is 2. The molecule has 0 spiro atoms. The van der Waals surface area contributed by atoms with Crippen molar-refractivity contribution in [1.82, 2.24) is 30.4 Å². The van der Waals surface area contributed by atoms with Crippen molar-refractivity contribution in [1.29, 1.82) is 0 Å². The van der Waals surface area contributed by atoms with Crippen LogP contribution >= 0.6 is 0 Å². The highest BCUT2D eigenvalue weighted by Gasteiger charge is 2.40. The Labute approximate surface area is 153 Å². The first kappa shape index (κ1) is 17.7. The third-order valence-electron chi connectivity index (χ3n) is 4.99. The van der Waals surface area contributed by atoms with E-state index in [9.17, 15) is 13.6 Å². The van der Waals surface area contributed by atoms with Crippen LogP contribution in [-0.4, -0.2) is 43.2 Å². The molecule has 2 atom stereocenters. The first-order valence-corrected chi connectivity index (χ1v) is 8.77. The van der Waals surface area contributed by atoms with Crippen LogP contribution in [0, 0.1) is 5.92 Å². The number of amides is 1. The number of nitrogens with one attached hydrogen (secondary N) is 2. The molecule has 1 saturated carbocycles. The number of aromatic nitrogens is 4. The number of hydrogen-bond acceptors (Lipinski definition) is 7. The van der Waals surface area contributed by atoms with Gasteiger partial charge in [-0.25, -0.2) is 23.3 Å². The van der Waals surface area contributed by atoms with Gasteiger partial charge >= 0.3 is 0 Å². The zero-order chi connectivity index (χ0) is 19.0. The predicted octanol–water partition coefficient (Wildman–Crippen LogP) is 1.39. The summed E-state index contributed by atoms with van der Waals surface area (Å²) in [7, 11) is 0. The number of carbonyl (C=O) groups excluding carboxylic acids is 1. The quantitative estimate of drug-likeness (QED) is 0.832. The average molecular weight is 379 g/mol. The molecule has 144 valence electrons. The Balaban J connectivity index is 1.61. The number of nitrogens with zero attached hydrogens (tertiary/aromatic N) is 5. The van der Waals surface area contributed by atoms with Crippen LogP contribution in [0.1, 0.15) is 44.3 Å². The first-order chi connectivity index (χ1) is 12.9. The molecule has 0 radical (unpaired) electrons. The fourth-order valence-corrected chi connectivity index (χ4v) is 3.47. The SMILES string of the molecule is CC1NON=C1C(=O)NC(c1cn2nccnc2n1)C1CCC(F)(F)CC1. The van der Waals surface area contributed by atoms with Crippen LogP contribution in [0.5, 0.6) is 0 Å². The highest BCUT2D eigenvalue weighted by molar-refractivity contribution is 6.40. The molecule has 11 heteroatoms. The molecule has 1 aliphatic heterocycles. The molecule has 9 nitrogen and oxygen atoms in total. The number of fused-ring (bicyclic) bond motifs is 1. The molecular weight excluding hydrogens is 360 g/mol. The summed E-state index contributed by atoms with van der Waals surface area (Å²) >= 11 is 0. The number of hydrogen-bond donors (Lipinski definition) is 2. The van der Waals surface area contributed by atoms with E-state index in [1.807, 2.05) is 0 Å². The Morgan fingerprint density at radius 2 is 2.19 bits per heavy atom. The summed E-state index contributed by atoms with van der Waals surface area (Å²) in [6.07, 6.45) is 4.83. The minimum Gasteiger partial charge on any atom is -0.342 e. The number of halogens is 2. The van der Waals surface area contributed by atoms with Gasteiger partial charge in [0.25, 0.3) is 11.7 Å². The van der Waals surface area contributed by atoms with Gasteiger partial charge in [-0.1, -0.05) is 5.16 Å². The zero-order valence-corrected chi connectivity index (χ0v) is 14.6. The number of oxime groups is 1. The van der Waals surface area contributed by atoms with Crippen molar-refractivity contribution in [2.45, 2.75) is 50.6 Å². The summed E-state index contributed by atoms with van der Waals surface area (Å²) in [5, 5.41) is 10.7. The van der Waals surface area contributed by atoms with Gasteiger partial charge in [0.15, 0.2) is 5.71 Å². The average Bonchev–Trinajstić information content (AvgIpc) is 3.25. The number of carbonyl (C=O) groups is 1. The molecule has 27 heavy (non-hydrogen) atoms. The first-order valence-electron chi connectivity index (χ1n) is 8.77. The van der Waals surface area contributed by atoms with E-state index in [0.29, 0.717) is 11.5 Å². The Bertz CT molecular complexity index is 842. The molecule has 2 N–H and O–H groups in total. The monoisotopic (exact) mass is 379 g/mol. The summed E-state index contributed by atoms with van der Waals surface area (Å²) in [6.45, 7) is 1.74. The smallest absolute Gasteiger partial charge is 0.271 e. The Hall–Kier alpha value is -2.69. The van der Waals surface area contributed by atoms with E-state index in [1.165, 1.54) is 16.9 Å². The largest absolute Gasteiger partial charge is 0.342 e. The molecule has 2 unspecified atom stereocenters. The molecule has 0 saturated heterocycles. The standard InChI is InChI=1S/C16H19F2N7O2/c1-9-12(24-27-23-9)14(26)22-13(10-2-4-16(17,18)5-3-10)11-8-25-15(21-11)19-6-7-20-25/h6-10,13,23H,2-5H2,1H3,(H,22,26). The van der Waals surface area contributed by atoms with Crippen molar-refractivity contribution < 1.29 is 18.5 Å². The summed E-state index contributed by atoms with van der Waals surface area (Å²) < 4.78 is 28.7. The molecule has 0 aromatic carbocycles. The van der Waals surface area contributed by atoms with E-state index in [-0.39, 0.29) is 43.4 Å². The fraction of sp³-hybridized carbons (Fsp3) is 0.562. The molecule has 2 aliphatic rings. The van der Waals surface area contributed by atoms with E-state index < -0.39 is 17.9 Å². The van der Waals surface area contributed by atoms with Gasteiger partial charge in [-0.2, -0.15) is 5.10 Å². The van der Waals surface area contributed by atoms with E-state index in [4.69, 9.17) is 4.94 Å².